The standard InChI is InChI=1S/C14H10N6O/c1-21-13-8(4-15)2-9(5-18-13)11-3-10-6-19-14(16)20-12(10)7-17-11/h2-3,5-7H,1H3,(H2,16,19,20). The largest absolute Gasteiger partial charge is 0.480 e. The Hall–Kier alpha value is -3.27. The third-order valence-electron chi connectivity index (χ3n) is 2.95. The predicted molar refractivity (Wildman–Crippen MR) is 76.2 cm³/mol. The number of aromatic nitrogens is 4. The van der Waals surface area contributed by atoms with E-state index in [0.29, 0.717) is 22.3 Å². The van der Waals surface area contributed by atoms with E-state index in [9.17, 15) is 0 Å². The minimum Gasteiger partial charge on any atom is -0.480 e. The van der Waals surface area contributed by atoms with Crippen LogP contribution in [0.1, 0.15) is 5.56 Å². The first-order chi connectivity index (χ1) is 10.2. The quantitative estimate of drug-likeness (QED) is 0.756. The molecule has 3 aromatic rings. The van der Waals surface area contributed by atoms with Gasteiger partial charge in [0.15, 0.2) is 0 Å². The lowest BCUT2D eigenvalue weighted by molar-refractivity contribution is 0.396. The fourth-order valence-electron chi connectivity index (χ4n) is 1.94. The van der Waals surface area contributed by atoms with Crippen LogP contribution in [0, 0.1) is 11.3 Å². The molecular weight excluding hydrogens is 268 g/mol. The molecule has 0 unspecified atom stereocenters. The topological polar surface area (TPSA) is 111 Å². The SMILES string of the molecule is COc1ncc(-c2cc3cnc(N)nc3cn2)cc1C#N. The van der Waals surface area contributed by atoms with Crippen molar-refractivity contribution in [2.45, 2.75) is 0 Å². The molecule has 2 N–H and O–H groups in total. The van der Waals surface area contributed by atoms with Crippen LogP contribution < -0.4 is 10.5 Å². The number of anilines is 1. The molecule has 7 nitrogen and oxygen atoms in total. The number of nitriles is 1. The van der Waals surface area contributed by atoms with E-state index in [2.05, 4.69) is 19.9 Å². The van der Waals surface area contributed by atoms with Gasteiger partial charge in [-0.25, -0.2) is 15.0 Å². The summed E-state index contributed by atoms with van der Waals surface area (Å²) in [5.41, 5.74) is 7.93. The van der Waals surface area contributed by atoms with E-state index in [1.54, 1.807) is 24.7 Å². The first kappa shape index (κ1) is 12.7. The Morgan fingerprint density at radius 2 is 2.00 bits per heavy atom. The van der Waals surface area contributed by atoms with E-state index in [0.717, 1.165) is 5.39 Å². The number of nitrogens with zero attached hydrogens (tertiary/aromatic N) is 5. The number of nitrogens with two attached hydrogens (primary N) is 1. The van der Waals surface area contributed by atoms with Crippen molar-refractivity contribution < 1.29 is 4.74 Å². The summed E-state index contributed by atoms with van der Waals surface area (Å²) >= 11 is 0. The Morgan fingerprint density at radius 1 is 1.14 bits per heavy atom. The van der Waals surface area contributed by atoms with E-state index in [4.69, 9.17) is 15.7 Å². The van der Waals surface area contributed by atoms with Gasteiger partial charge in [0, 0.05) is 23.3 Å². The zero-order valence-electron chi connectivity index (χ0n) is 11.1. The lowest BCUT2D eigenvalue weighted by Gasteiger charge is -2.05. The molecule has 0 saturated carbocycles. The number of fused-ring (bicyclic) bond motifs is 1. The number of methoxy groups -OCH3 is 1. The third kappa shape index (κ3) is 2.30. The van der Waals surface area contributed by atoms with Gasteiger partial charge in [-0.15, -0.1) is 0 Å². The maximum absolute atomic E-state index is 9.10. The Kier molecular flexibility index (Phi) is 3.04. The summed E-state index contributed by atoms with van der Waals surface area (Å²) in [5.74, 6) is 0.494. The summed E-state index contributed by atoms with van der Waals surface area (Å²) in [6.07, 6.45) is 4.84. The maximum Gasteiger partial charge on any atom is 0.231 e. The van der Waals surface area contributed by atoms with Gasteiger partial charge in [0.25, 0.3) is 0 Å². The zero-order chi connectivity index (χ0) is 14.8. The van der Waals surface area contributed by atoms with Crippen molar-refractivity contribution in [2.24, 2.45) is 0 Å². The van der Waals surface area contributed by atoms with Crippen LogP contribution in [-0.2, 0) is 0 Å². The summed E-state index contributed by atoms with van der Waals surface area (Å²) in [4.78, 5) is 16.5. The molecule has 3 rings (SSSR count). The number of hydrogen-bond acceptors (Lipinski definition) is 7. The van der Waals surface area contributed by atoms with Crippen LogP contribution in [0.5, 0.6) is 5.88 Å². The molecule has 0 aliphatic heterocycles. The summed E-state index contributed by atoms with van der Waals surface area (Å²) in [7, 11) is 1.47. The zero-order valence-corrected chi connectivity index (χ0v) is 11.1. The molecule has 0 fully saturated rings. The molecule has 3 aromatic heterocycles. The molecule has 0 atom stereocenters. The summed E-state index contributed by atoms with van der Waals surface area (Å²) in [6.45, 7) is 0. The van der Waals surface area contributed by atoms with E-state index >= 15 is 0 Å². The van der Waals surface area contributed by atoms with E-state index in [1.165, 1.54) is 7.11 Å². The van der Waals surface area contributed by atoms with Crippen molar-refractivity contribution in [3.05, 3.63) is 36.3 Å². The molecule has 7 heteroatoms. The molecule has 0 bridgehead atoms. The van der Waals surface area contributed by atoms with E-state index in [-0.39, 0.29) is 11.8 Å². The van der Waals surface area contributed by atoms with Gasteiger partial charge < -0.3 is 10.5 Å². The van der Waals surface area contributed by atoms with Crippen LogP contribution in [0.4, 0.5) is 5.95 Å². The number of nitrogen functional groups attached to an aromatic ring is 1. The smallest absolute Gasteiger partial charge is 0.231 e. The molecule has 0 spiro atoms. The van der Waals surface area contributed by atoms with Gasteiger partial charge >= 0.3 is 0 Å². The maximum atomic E-state index is 9.10. The van der Waals surface area contributed by atoms with Crippen molar-refractivity contribution in [1.29, 1.82) is 5.26 Å². The van der Waals surface area contributed by atoms with Gasteiger partial charge in [-0.05, 0) is 12.1 Å². The lowest BCUT2D eigenvalue weighted by atomic mass is 10.1. The second-order valence-corrected chi connectivity index (χ2v) is 4.25. The molecule has 0 saturated heterocycles. The average Bonchev–Trinajstić information content (AvgIpc) is 2.53. The molecule has 0 radical (unpaired) electrons. The van der Waals surface area contributed by atoms with Crippen LogP contribution in [0.15, 0.2) is 30.7 Å². The van der Waals surface area contributed by atoms with E-state index in [1.807, 2.05) is 12.1 Å². The molecular formula is C14H10N6O. The summed E-state index contributed by atoms with van der Waals surface area (Å²) in [5, 5.41) is 9.91. The normalized spacial score (nSPS) is 10.3. The highest BCUT2D eigenvalue weighted by Crippen LogP contribution is 2.24. The van der Waals surface area contributed by atoms with Crippen molar-refractivity contribution >= 4 is 16.9 Å². The average molecular weight is 278 g/mol. The first-order valence-electron chi connectivity index (χ1n) is 6.04. The summed E-state index contributed by atoms with van der Waals surface area (Å²) in [6, 6.07) is 5.54. The minimum absolute atomic E-state index is 0.204. The highest BCUT2D eigenvalue weighted by molar-refractivity contribution is 5.82. The van der Waals surface area contributed by atoms with Gasteiger partial charge in [0.05, 0.1) is 24.5 Å². The highest BCUT2D eigenvalue weighted by atomic mass is 16.5. The monoisotopic (exact) mass is 278 g/mol. The molecule has 0 aromatic carbocycles. The van der Waals surface area contributed by atoms with Crippen LogP contribution >= 0.6 is 0 Å². The van der Waals surface area contributed by atoms with Gasteiger partial charge in [-0.2, -0.15) is 5.26 Å². The predicted octanol–water partition coefficient (Wildman–Crippen LogP) is 1.55. The van der Waals surface area contributed by atoms with Gasteiger partial charge in [-0.3, -0.25) is 4.98 Å². The van der Waals surface area contributed by atoms with Crippen molar-refractivity contribution in [2.75, 3.05) is 12.8 Å². The second kappa shape index (κ2) is 5.02. The minimum atomic E-state index is 0.204. The molecule has 0 amide bonds. The number of pyridine rings is 2. The Balaban J connectivity index is 2.12. The van der Waals surface area contributed by atoms with Gasteiger partial charge in [-0.1, -0.05) is 0 Å². The number of hydrogen-bond donors (Lipinski definition) is 1. The molecule has 0 aliphatic carbocycles. The highest BCUT2D eigenvalue weighted by Gasteiger charge is 2.09. The van der Waals surface area contributed by atoms with Gasteiger partial charge in [0.1, 0.15) is 11.6 Å². The summed E-state index contributed by atoms with van der Waals surface area (Å²) < 4.78 is 5.02. The van der Waals surface area contributed by atoms with E-state index < -0.39 is 0 Å². The van der Waals surface area contributed by atoms with Crippen LogP contribution in [0.3, 0.4) is 0 Å². The second-order valence-electron chi connectivity index (χ2n) is 4.25. The molecule has 21 heavy (non-hydrogen) atoms. The Bertz CT molecular complexity index is 871. The van der Waals surface area contributed by atoms with Crippen molar-refractivity contribution in [3.63, 3.8) is 0 Å². The Labute approximate surface area is 120 Å². The van der Waals surface area contributed by atoms with Crippen molar-refractivity contribution in [3.8, 4) is 23.2 Å². The number of ether oxygens (including phenoxy) is 1. The lowest BCUT2D eigenvalue weighted by Crippen LogP contribution is -1.96. The van der Waals surface area contributed by atoms with Crippen LogP contribution in [0.25, 0.3) is 22.2 Å². The van der Waals surface area contributed by atoms with Gasteiger partial charge in [0.2, 0.25) is 11.8 Å². The van der Waals surface area contributed by atoms with Crippen LogP contribution in [-0.4, -0.2) is 27.0 Å². The molecule has 0 aliphatic rings. The number of rotatable bonds is 2. The fourth-order valence-corrected chi connectivity index (χ4v) is 1.94. The fraction of sp³-hybridized carbons (Fsp3) is 0.0714. The first-order valence-corrected chi connectivity index (χ1v) is 6.04. The molecule has 3 heterocycles. The Morgan fingerprint density at radius 3 is 2.76 bits per heavy atom. The van der Waals surface area contributed by atoms with Crippen molar-refractivity contribution in [1.82, 2.24) is 19.9 Å². The molecule has 102 valence electrons. The van der Waals surface area contributed by atoms with Crippen LogP contribution in [0.2, 0.25) is 0 Å². The third-order valence-corrected chi connectivity index (χ3v) is 2.95.